The zero-order valence-electron chi connectivity index (χ0n) is 18.9. The van der Waals surface area contributed by atoms with E-state index < -0.39 is 0 Å². The second kappa shape index (κ2) is 9.37. The highest BCUT2D eigenvalue weighted by atomic mass is 35.5. The van der Waals surface area contributed by atoms with Crippen molar-refractivity contribution in [2.45, 2.75) is 52.0 Å². The molecule has 0 radical (unpaired) electrons. The van der Waals surface area contributed by atoms with E-state index in [9.17, 15) is 4.79 Å². The van der Waals surface area contributed by atoms with Crippen molar-refractivity contribution in [3.63, 3.8) is 0 Å². The molecule has 2 aromatic carbocycles. The number of halogens is 1. The van der Waals surface area contributed by atoms with Gasteiger partial charge >= 0.3 is 0 Å². The Morgan fingerprint density at radius 1 is 1.12 bits per heavy atom. The summed E-state index contributed by atoms with van der Waals surface area (Å²) in [4.78, 5) is 14.5. The molecule has 0 aliphatic carbocycles. The van der Waals surface area contributed by atoms with Crippen molar-refractivity contribution >= 4 is 17.5 Å². The van der Waals surface area contributed by atoms with Gasteiger partial charge in [-0.2, -0.15) is 0 Å². The van der Waals surface area contributed by atoms with Crippen molar-refractivity contribution in [1.29, 1.82) is 0 Å². The third-order valence-electron chi connectivity index (χ3n) is 5.83. The van der Waals surface area contributed by atoms with Crippen LogP contribution >= 0.6 is 11.6 Å². The molecule has 1 aromatic heterocycles. The van der Waals surface area contributed by atoms with Crippen LogP contribution in [0.5, 0.6) is 5.75 Å². The first-order valence-electron chi connectivity index (χ1n) is 11.1. The van der Waals surface area contributed by atoms with Crippen LogP contribution in [-0.2, 0) is 23.2 Å². The van der Waals surface area contributed by atoms with Crippen LogP contribution in [0.2, 0.25) is 5.02 Å². The molecule has 0 fully saturated rings. The Balaban J connectivity index is 1.26. The Morgan fingerprint density at radius 2 is 1.84 bits per heavy atom. The van der Waals surface area contributed by atoms with Gasteiger partial charge in [0.1, 0.15) is 11.4 Å². The molecule has 4 rings (SSSR count). The SMILES string of the molecule is CC(C)(C)c1ccc(OCCCC(=O)N2CCc3c(noc3-c3ccc(Cl)cc3)C2)cc1. The number of hydrogen-bond donors (Lipinski definition) is 0. The lowest BCUT2D eigenvalue weighted by atomic mass is 9.87. The molecule has 0 N–H and O–H groups in total. The van der Waals surface area contributed by atoms with Gasteiger partial charge < -0.3 is 14.2 Å². The summed E-state index contributed by atoms with van der Waals surface area (Å²) in [6.07, 6.45) is 1.87. The van der Waals surface area contributed by atoms with E-state index in [0.717, 1.165) is 34.8 Å². The van der Waals surface area contributed by atoms with E-state index in [-0.39, 0.29) is 11.3 Å². The monoisotopic (exact) mass is 452 g/mol. The van der Waals surface area contributed by atoms with E-state index in [1.165, 1.54) is 5.56 Å². The molecule has 0 bridgehead atoms. The number of amides is 1. The van der Waals surface area contributed by atoms with E-state index in [4.69, 9.17) is 20.9 Å². The van der Waals surface area contributed by atoms with Crippen molar-refractivity contribution in [2.24, 2.45) is 0 Å². The summed E-state index contributed by atoms with van der Waals surface area (Å²) >= 11 is 5.98. The minimum absolute atomic E-state index is 0.123. The second-order valence-corrected chi connectivity index (χ2v) is 9.67. The molecule has 1 amide bonds. The summed E-state index contributed by atoms with van der Waals surface area (Å²) < 4.78 is 11.4. The van der Waals surface area contributed by atoms with Gasteiger partial charge in [0, 0.05) is 29.1 Å². The molecule has 2 heterocycles. The number of carbonyl (C=O) groups is 1. The molecule has 1 aliphatic heterocycles. The van der Waals surface area contributed by atoms with Crippen LogP contribution in [0.4, 0.5) is 0 Å². The highest BCUT2D eigenvalue weighted by Crippen LogP contribution is 2.31. The number of fused-ring (bicyclic) bond motifs is 1. The molecule has 1 aliphatic rings. The molecular weight excluding hydrogens is 424 g/mol. The molecule has 0 atom stereocenters. The molecule has 5 nitrogen and oxygen atoms in total. The summed E-state index contributed by atoms with van der Waals surface area (Å²) in [6.45, 7) is 8.24. The second-order valence-electron chi connectivity index (χ2n) is 9.24. The van der Waals surface area contributed by atoms with Gasteiger partial charge in [-0.15, -0.1) is 0 Å². The highest BCUT2D eigenvalue weighted by molar-refractivity contribution is 6.30. The Kier molecular flexibility index (Phi) is 6.56. The number of aromatic nitrogens is 1. The Labute approximate surface area is 194 Å². The van der Waals surface area contributed by atoms with Crippen molar-refractivity contribution < 1.29 is 14.1 Å². The lowest BCUT2D eigenvalue weighted by molar-refractivity contribution is -0.132. The topological polar surface area (TPSA) is 55.6 Å². The van der Waals surface area contributed by atoms with Crippen LogP contribution in [-0.4, -0.2) is 29.1 Å². The predicted molar refractivity (Wildman–Crippen MR) is 126 cm³/mol. The van der Waals surface area contributed by atoms with Crippen LogP contribution in [0.15, 0.2) is 53.1 Å². The van der Waals surface area contributed by atoms with Gasteiger partial charge in [-0.3, -0.25) is 4.79 Å². The minimum atomic E-state index is 0.123. The number of nitrogens with zero attached hydrogens (tertiary/aromatic N) is 2. The summed E-state index contributed by atoms with van der Waals surface area (Å²) in [6, 6.07) is 15.7. The summed E-state index contributed by atoms with van der Waals surface area (Å²) in [5, 5.41) is 4.91. The molecule has 6 heteroatoms. The van der Waals surface area contributed by atoms with Gasteiger partial charge in [-0.25, -0.2) is 0 Å². The Hall–Kier alpha value is -2.79. The maximum atomic E-state index is 12.7. The Bertz CT molecular complexity index is 1070. The number of ether oxygens (including phenoxy) is 1. The zero-order chi connectivity index (χ0) is 22.7. The van der Waals surface area contributed by atoms with Gasteiger partial charge in [0.15, 0.2) is 5.76 Å². The molecule has 32 heavy (non-hydrogen) atoms. The molecule has 0 saturated carbocycles. The fourth-order valence-corrected chi connectivity index (χ4v) is 4.02. The van der Waals surface area contributed by atoms with Gasteiger partial charge in [-0.05, 0) is 60.2 Å². The molecular formula is C26H29ClN2O3. The van der Waals surface area contributed by atoms with E-state index >= 15 is 0 Å². The average molecular weight is 453 g/mol. The molecule has 3 aromatic rings. The van der Waals surface area contributed by atoms with E-state index in [2.05, 4.69) is 38.1 Å². The summed E-state index contributed by atoms with van der Waals surface area (Å²) in [5.41, 5.74) is 4.27. The Morgan fingerprint density at radius 3 is 2.53 bits per heavy atom. The fourth-order valence-electron chi connectivity index (χ4n) is 3.89. The summed E-state index contributed by atoms with van der Waals surface area (Å²) in [7, 11) is 0. The van der Waals surface area contributed by atoms with Crippen LogP contribution in [0, 0.1) is 0 Å². The van der Waals surface area contributed by atoms with Crippen LogP contribution in [0.1, 0.15) is 50.4 Å². The number of hydrogen-bond acceptors (Lipinski definition) is 4. The first kappa shape index (κ1) is 22.4. The van der Waals surface area contributed by atoms with Crippen LogP contribution in [0.3, 0.4) is 0 Å². The van der Waals surface area contributed by atoms with E-state index in [1.807, 2.05) is 41.3 Å². The summed E-state index contributed by atoms with van der Waals surface area (Å²) in [5.74, 6) is 1.73. The normalized spacial score (nSPS) is 13.7. The molecule has 168 valence electrons. The predicted octanol–water partition coefficient (Wildman–Crippen LogP) is 6.04. The maximum absolute atomic E-state index is 12.7. The first-order valence-corrected chi connectivity index (χ1v) is 11.4. The van der Waals surface area contributed by atoms with Crippen molar-refractivity contribution in [1.82, 2.24) is 10.1 Å². The lowest BCUT2D eigenvalue weighted by Crippen LogP contribution is -2.36. The largest absolute Gasteiger partial charge is 0.494 e. The maximum Gasteiger partial charge on any atom is 0.223 e. The third-order valence-corrected chi connectivity index (χ3v) is 6.08. The van der Waals surface area contributed by atoms with E-state index in [0.29, 0.717) is 37.6 Å². The van der Waals surface area contributed by atoms with Gasteiger partial charge in [-0.1, -0.05) is 49.7 Å². The number of rotatable bonds is 6. The first-order chi connectivity index (χ1) is 15.3. The molecule has 0 spiro atoms. The zero-order valence-corrected chi connectivity index (χ0v) is 19.6. The van der Waals surface area contributed by atoms with Crippen molar-refractivity contribution in [3.8, 4) is 17.1 Å². The van der Waals surface area contributed by atoms with Gasteiger partial charge in [0.05, 0.1) is 13.2 Å². The number of benzene rings is 2. The van der Waals surface area contributed by atoms with E-state index in [1.54, 1.807) is 0 Å². The van der Waals surface area contributed by atoms with Gasteiger partial charge in [0.25, 0.3) is 0 Å². The van der Waals surface area contributed by atoms with Gasteiger partial charge in [0.2, 0.25) is 5.91 Å². The smallest absolute Gasteiger partial charge is 0.223 e. The fraction of sp³-hybridized carbons (Fsp3) is 0.385. The molecule has 0 saturated heterocycles. The third kappa shape index (κ3) is 5.16. The van der Waals surface area contributed by atoms with Crippen LogP contribution < -0.4 is 4.74 Å². The van der Waals surface area contributed by atoms with Crippen LogP contribution in [0.25, 0.3) is 11.3 Å². The van der Waals surface area contributed by atoms with Crippen molar-refractivity contribution in [2.75, 3.05) is 13.2 Å². The lowest BCUT2D eigenvalue weighted by Gasteiger charge is -2.26. The quantitative estimate of drug-likeness (QED) is 0.428. The highest BCUT2D eigenvalue weighted by Gasteiger charge is 2.27. The minimum Gasteiger partial charge on any atom is -0.494 e. The standard InChI is InChI=1S/C26H29ClN2O3/c1-26(2,3)19-8-12-21(13-9-19)31-16-4-5-24(30)29-15-14-22-23(17-29)28-32-25(22)18-6-10-20(27)11-7-18/h6-13H,4-5,14-17H2,1-3H3. The molecule has 0 unspecified atom stereocenters. The average Bonchev–Trinajstić information content (AvgIpc) is 3.20. The number of carbonyl (C=O) groups excluding carboxylic acids is 1. The van der Waals surface area contributed by atoms with Crippen molar-refractivity contribution in [3.05, 3.63) is 70.4 Å².